The highest BCUT2D eigenvalue weighted by Gasteiger charge is 2.39. The van der Waals surface area contributed by atoms with Crippen LogP contribution in [0, 0.1) is 17.8 Å². The Kier molecular flexibility index (Phi) is 3.63. The van der Waals surface area contributed by atoms with Gasteiger partial charge >= 0.3 is 0 Å². The Bertz CT molecular complexity index is 400. The molecule has 1 N–H and O–H groups in total. The van der Waals surface area contributed by atoms with Crippen LogP contribution >= 0.6 is 11.6 Å². The highest BCUT2D eigenvalue weighted by atomic mass is 35.5. The lowest BCUT2D eigenvalue weighted by molar-refractivity contribution is 0.309. The largest absolute Gasteiger partial charge is 0.310 e. The second-order valence-corrected chi connectivity index (χ2v) is 6.55. The Labute approximate surface area is 115 Å². The fourth-order valence-electron chi connectivity index (χ4n) is 3.82. The third-order valence-electron chi connectivity index (χ3n) is 4.94. The summed E-state index contributed by atoms with van der Waals surface area (Å²) in [5.41, 5.74) is 1.34. The first-order valence-corrected chi connectivity index (χ1v) is 7.59. The average molecular weight is 264 g/mol. The van der Waals surface area contributed by atoms with Gasteiger partial charge in [0.2, 0.25) is 0 Å². The molecule has 1 aromatic carbocycles. The van der Waals surface area contributed by atoms with E-state index in [0.717, 1.165) is 22.8 Å². The van der Waals surface area contributed by atoms with Crippen LogP contribution in [0.15, 0.2) is 24.3 Å². The predicted octanol–water partition coefficient (Wildman–Crippen LogP) is 4.43. The van der Waals surface area contributed by atoms with Gasteiger partial charge in [0.15, 0.2) is 0 Å². The van der Waals surface area contributed by atoms with Crippen molar-refractivity contribution >= 4 is 11.6 Å². The Morgan fingerprint density at radius 1 is 1.22 bits per heavy atom. The summed E-state index contributed by atoms with van der Waals surface area (Å²) in [7, 11) is 0. The van der Waals surface area contributed by atoms with Crippen molar-refractivity contribution in [2.45, 2.75) is 38.6 Å². The maximum absolute atomic E-state index is 5.92. The van der Waals surface area contributed by atoms with Crippen LogP contribution in [0.3, 0.4) is 0 Å². The average Bonchev–Trinajstić information content (AvgIpc) is 2.99. The monoisotopic (exact) mass is 263 g/mol. The highest BCUT2D eigenvalue weighted by molar-refractivity contribution is 6.30. The molecule has 2 aliphatic carbocycles. The van der Waals surface area contributed by atoms with Gasteiger partial charge in [-0.3, -0.25) is 0 Å². The van der Waals surface area contributed by atoms with E-state index >= 15 is 0 Å². The van der Waals surface area contributed by atoms with Crippen molar-refractivity contribution in [2.24, 2.45) is 17.8 Å². The van der Waals surface area contributed by atoms with Crippen LogP contribution in [-0.4, -0.2) is 6.54 Å². The minimum atomic E-state index is 0.432. The van der Waals surface area contributed by atoms with E-state index in [-0.39, 0.29) is 0 Å². The van der Waals surface area contributed by atoms with E-state index in [0.29, 0.717) is 6.04 Å². The van der Waals surface area contributed by atoms with E-state index in [1.54, 1.807) is 0 Å². The minimum absolute atomic E-state index is 0.432. The van der Waals surface area contributed by atoms with Gasteiger partial charge in [0.1, 0.15) is 0 Å². The molecule has 18 heavy (non-hydrogen) atoms. The molecule has 2 heteroatoms. The smallest absolute Gasteiger partial charge is 0.0406 e. The van der Waals surface area contributed by atoms with Crippen LogP contribution in [0.25, 0.3) is 0 Å². The SMILES string of the molecule is CC(NCC1CC2CCC1C2)c1ccc(Cl)cc1. The molecule has 4 unspecified atom stereocenters. The van der Waals surface area contributed by atoms with Crippen LogP contribution in [0.1, 0.15) is 44.2 Å². The molecule has 0 aliphatic heterocycles. The van der Waals surface area contributed by atoms with Gasteiger partial charge in [-0.15, -0.1) is 0 Å². The highest BCUT2D eigenvalue weighted by Crippen LogP contribution is 2.48. The molecule has 2 bridgehead atoms. The van der Waals surface area contributed by atoms with E-state index < -0.39 is 0 Å². The summed E-state index contributed by atoms with van der Waals surface area (Å²) in [5.74, 6) is 2.99. The lowest BCUT2D eigenvalue weighted by atomic mass is 9.88. The molecule has 0 amide bonds. The van der Waals surface area contributed by atoms with Crippen molar-refractivity contribution in [3.05, 3.63) is 34.9 Å². The molecular weight excluding hydrogens is 242 g/mol. The molecule has 0 spiro atoms. The van der Waals surface area contributed by atoms with Crippen LogP contribution in [0.5, 0.6) is 0 Å². The van der Waals surface area contributed by atoms with E-state index in [2.05, 4.69) is 24.4 Å². The molecule has 3 rings (SSSR count). The number of rotatable bonds is 4. The zero-order chi connectivity index (χ0) is 12.5. The summed E-state index contributed by atoms with van der Waals surface area (Å²) < 4.78 is 0. The summed E-state index contributed by atoms with van der Waals surface area (Å²) in [6.45, 7) is 3.43. The number of hydrogen-bond acceptors (Lipinski definition) is 1. The van der Waals surface area contributed by atoms with E-state index in [4.69, 9.17) is 11.6 Å². The second-order valence-electron chi connectivity index (χ2n) is 6.12. The fraction of sp³-hybridized carbons (Fsp3) is 0.625. The van der Waals surface area contributed by atoms with Gasteiger partial charge in [0.05, 0.1) is 0 Å². The molecule has 0 heterocycles. The number of nitrogens with one attached hydrogen (secondary N) is 1. The number of fused-ring (bicyclic) bond motifs is 2. The second kappa shape index (κ2) is 5.22. The minimum Gasteiger partial charge on any atom is -0.310 e. The van der Waals surface area contributed by atoms with Crippen molar-refractivity contribution in [3.63, 3.8) is 0 Å². The van der Waals surface area contributed by atoms with Crippen molar-refractivity contribution in [3.8, 4) is 0 Å². The summed E-state index contributed by atoms with van der Waals surface area (Å²) in [4.78, 5) is 0. The zero-order valence-electron chi connectivity index (χ0n) is 11.0. The molecule has 0 aromatic heterocycles. The fourth-order valence-corrected chi connectivity index (χ4v) is 3.95. The van der Waals surface area contributed by atoms with Crippen molar-refractivity contribution in [2.75, 3.05) is 6.54 Å². The van der Waals surface area contributed by atoms with Gasteiger partial charge in [-0.2, -0.15) is 0 Å². The topological polar surface area (TPSA) is 12.0 Å². The Hall–Kier alpha value is -0.530. The van der Waals surface area contributed by atoms with E-state index in [1.807, 2.05) is 12.1 Å². The van der Waals surface area contributed by atoms with Crippen LogP contribution < -0.4 is 5.32 Å². The van der Waals surface area contributed by atoms with Gasteiger partial charge < -0.3 is 5.32 Å². The molecule has 0 saturated heterocycles. The normalized spacial score (nSPS) is 31.8. The zero-order valence-corrected chi connectivity index (χ0v) is 11.8. The molecule has 2 saturated carbocycles. The lowest BCUT2D eigenvalue weighted by Crippen LogP contribution is -2.28. The molecular formula is C16H22ClN. The van der Waals surface area contributed by atoms with Crippen molar-refractivity contribution in [1.82, 2.24) is 5.32 Å². The lowest BCUT2D eigenvalue weighted by Gasteiger charge is -2.24. The van der Waals surface area contributed by atoms with Gasteiger partial charge in [-0.05, 0) is 68.2 Å². The van der Waals surface area contributed by atoms with Crippen LogP contribution in [-0.2, 0) is 0 Å². The van der Waals surface area contributed by atoms with Crippen LogP contribution in [0.2, 0.25) is 5.02 Å². The number of halogens is 1. The summed E-state index contributed by atoms with van der Waals surface area (Å²) in [6.07, 6.45) is 5.94. The Morgan fingerprint density at radius 2 is 2.00 bits per heavy atom. The predicted molar refractivity (Wildman–Crippen MR) is 76.8 cm³/mol. The third-order valence-corrected chi connectivity index (χ3v) is 5.19. The first-order valence-electron chi connectivity index (χ1n) is 7.21. The number of hydrogen-bond donors (Lipinski definition) is 1. The summed E-state index contributed by atoms with van der Waals surface area (Å²) >= 11 is 5.92. The number of benzene rings is 1. The molecule has 4 atom stereocenters. The summed E-state index contributed by atoms with van der Waals surface area (Å²) in [5, 5.41) is 4.52. The molecule has 0 radical (unpaired) electrons. The van der Waals surface area contributed by atoms with E-state index in [9.17, 15) is 0 Å². The first kappa shape index (κ1) is 12.5. The van der Waals surface area contributed by atoms with Crippen LogP contribution in [0.4, 0.5) is 0 Å². The first-order chi connectivity index (χ1) is 8.72. The van der Waals surface area contributed by atoms with Crippen molar-refractivity contribution < 1.29 is 0 Å². The van der Waals surface area contributed by atoms with Gasteiger partial charge in [-0.1, -0.05) is 30.2 Å². The third kappa shape index (κ3) is 2.57. The van der Waals surface area contributed by atoms with Gasteiger partial charge in [0.25, 0.3) is 0 Å². The molecule has 1 aromatic rings. The Balaban J connectivity index is 1.52. The van der Waals surface area contributed by atoms with Crippen molar-refractivity contribution in [1.29, 1.82) is 0 Å². The van der Waals surface area contributed by atoms with E-state index in [1.165, 1.54) is 37.8 Å². The maximum Gasteiger partial charge on any atom is 0.0406 e. The Morgan fingerprint density at radius 3 is 2.61 bits per heavy atom. The van der Waals surface area contributed by atoms with Gasteiger partial charge in [0, 0.05) is 11.1 Å². The molecule has 2 aliphatic rings. The quantitative estimate of drug-likeness (QED) is 0.848. The summed E-state index contributed by atoms with van der Waals surface area (Å²) in [6, 6.07) is 8.64. The molecule has 2 fully saturated rings. The molecule has 1 nitrogen and oxygen atoms in total. The molecule has 98 valence electrons. The maximum atomic E-state index is 5.92. The standard InChI is InChI=1S/C16H22ClN/c1-11(13-4-6-16(17)7-5-13)18-10-15-9-12-2-3-14(15)8-12/h4-7,11-12,14-15,18H,2-3,8-10H2,1H3. The van der Waals surface area contributed by atoms with Gasteiger partial charge in [-0.25, -0.2) is 0 Å².